The predicted octanol–water partition coefficient (Wildman–Crippen LogP) is 4.07. The van der Waals surface area contributed by atoms with Gasteiger partial charge in [-0.1, -0.05) is 31.2 Å². The Morgan fingerprint density at radius 1 is 1.12 bits per heavy atom. The van der Waals surface area contributed by atoms with Crippen LogP contribution in [-0.4, -0.2) is 22.5 Å². The molecular formula is C20H19N3O2. The van der Waals surface area contributed by atoms with Crippen LogP contribution in [0.1, 0.15) is 19.0 Å². The largest absolute Gasteiger partial charge is 0.491 e. The summed E-state index contributed by atoms with van der Waals surface area (Å²) in [5.74, 6) is 0.416. The Hall–Kier alpha value is -3.21. The van der Waals surface area contributed by atoms with E-state index in [1.54, 1.807) is 12.3 Å². The highest BCUT2D eigenvalue weighted by molar-refractivity contribution is 6.02. The van der Waals surface area contributed by atoms with E-state index < -0.39 is 0 Å². The average molecular weight is 333 g/mol. The topological polar surface area (TPSA) is 64.1 Å². The second-order valence-electron chi connectivity index (χ2n) is 5.45. The van der Waals surface area contributed by atoms with Gasteiger partial charge in [0.05, 0.1) is 35.2 Å². The van der Waals surface area contributed by atoms with Crippen LogP contribution < -0.4 is 10.1 Å². The minimum Gasteiger partial charge on any atom is -0.491 e. The van der Waals surface area contributed by atoms with E-state index in [2.05, 4.69) is 15.3 Å². The van der Waals surface area contributed by atoms with Crippen molar-refractivity contribution in [1.29, 1.82) is 0 Å². The second-order valence-corrected chi connectivity index (χ2v) is 5.45. The van der Waals surface area contributed by atoms with Crippen molar-refractivity contribution in [1.82, 2.24) is 9.97 Å². The van der Waals surface area contributed by atoms with Crippen LogP contribution in [-0.2, 0) is 4.79 Å². The molecule has 1 heterocycles. The minimum atomic E-state index is -0.248. The van der Waals surface area contributed by atoms with E-state index in [0.717, 1.165) is 17.5 Å². The number of carbonyl (C=O) groups is 1. The van der Waals surface area contributed by atoms with Crippen LogP contribution in [0.15, 0.2) is 60.8 Å². The number of hydrogen-bond donors (Lipinski definition) is 1. The first kappa shape index (κ1) is 16.6. The molecule has 0 bridgehead atoms. The van der Waals surface area contributed by atoms with Crippen LogP contribution in [0.3, 0.4) is 0 Å². The molecule has 25 heavy (non-hydrogen) atoms. The van der Waals surface area contributed by atoms with Gasteiger partial charge < -0.3 is 10.1 Å². The molecule has 5 heteroatoms. The lowest BCUT2D eigenvalue weighted by atomic mass is 10.2. The molecule has 0 atom stereocenters. The molecule has 1 N–H and O–H groups in total. The first-order chi connectivity index (χ1) is 12.3. The van der Waals surface area contributed by atoms with E-state index in [0.29, 0.717) is 23.7 Å². The summed E-state index contributed by atoms with van der Waals surface area (Å²) in [4.78, 5) is 21.0. The monoisotopic (exact) mass is 333 g/mol. The molecule has 0 fully saturated rings. The molecule has 126 valence electrons. The standard InChI is InChI=1S/C20H19N3O2/c1-2-13-25-19-10-6-5-9-18(19)23-20(24)12-11-15-14-21-16-7-3-4-8-17(16)22-15/h3-12,14H,2,13H2,1H3,(H,23,24)/b12-11+. The molecule has 0 spiro atoms. The Kier molecular flexibility index (Phi) is 5.36. The van der Waals surface area contributed by atoms with Crippen LogP contribution >= 0.6 is 0 Å². The first-order valence-corrected chi connectivity index (χ1v) is 8.19. The number of para-hydroxylation sites is 4. The van der Waals surface area contributed by atoms with Crippen LogP contribution in [0.5, 0.6) is 5.75 Å². The van der Waals surface area contributed by atoms with Crippen LogP contribution in [0, 0.1) is 0 Å². The third kappa shape index (κ3) is 4.41. The molecule has 0 radical (unpaired) electrons. The van der Waals surface area contributed by atoms with Gasteiger partial charge in [-0.2, -0.15) is 0 Å². The van der Waals surface area contributed by atoms with Crippen molar-refractivity contribution in [2.75, 3.05) is 11.9 Å². The van der Waals surface area contributed by atoms with Crippen molar-refractivity contribution in [3.05, 3.63) is 66.5 Å². The molecule has 1 aromatic heterocycles. The molecule has 0 saturated carbocycles. The summed E-state index contributed by atoms with van der Waals surface area (Å²) < 4.78 is 5.64. The molecular weight excluding hydrogens is 314 g/mol. The quantitative estimate of drug-likeness (QED) is 0.691. The van der Waals surface area contributed by atoms with E-state index in [4.69, 9.17) is 4.74 Å². The Morgan fingerprint density at radius 3 is 2.72 bits per heavy atom. The summed E-state index contributed by atoms with van der Waals surface area (Å²) in [7, 11) is 0. The van der Waals surface area contributed by atoms with Gasteiger partial charge >= 0.3 is 0 Å². The lowest BCUT2D eigenvalue weighted by molar-refractivity contribution is -0.111. The molecule has 3 aromatic rings. The molecule has 1 amide bonds. The molecule has 2 aromatic carbocycles. The molecule has 0 saturated heterocycles. The summed E-state index contributed by atoms with van der Waals surface area (Å²) in [5, 5.41) is 2.83. The Bertz CT molecular complexity index is 906. The minimum absolute atomic E-state index is 0.248. The number of carbonyl (C=O) groups excluding carboxylic acids is 1. The molecule has 0 aliphatic carbocycles. The van der Waals surface area contributed by atoms with Gasteiger partial charge in [-0.05, 0) is 36.8 Å². The van der Waals surface area contributed by atoms with Gasteiger partial charge in [0.2, 0.25) is 5.91 Å². The lowest BCUT2D eigenvalue weighted by Crippen LogP contribution is -2.09. The van der Waals surface area contributed by atoms with E-state index in [1.165, 1.54) is 6.08 Å². The Morgan fingerprint density at radius 2 is 1.88 bits per heavy atom. The summed E-state index contributed by atoms with van der Waals surface area (Å²) >= 11 is 0. The fourth-order valence-corrected chi connectivity index (χ4v) is 2.30. The highest BCUT2D eigenvalue weighted by atomic mass is 16.5. The normalized spacial score (nSPS) is 10.9. The van der Waals surface area contributed by atoms with Crippen molar-refractivity contribution >= 4 is 28.7 Å². The Labute approximate surface area is 146 Å². The van der Waals surface area contributed by atoms with Crippen LogP contribution in [0.4, 0.5) is 5.69 Å². The number of nitrogens with one attached hydrogen (secondary N) is 1. The third-order valence-electron chi connectivity index (χ3n) is 3.48. The fourth-order valence-electron chi connectivity index (χ4n) is 2.30. The van der Waals surface area contributed by atoms with Crippen LogP contribution in [0.25, 0.3) is 17.1 Å². The summed E-state index contributed by atoms with van der Waals surface area (Å²) in [6.07, 6.45) is 5.63. The molecule has 0 aliphatic heterocycles. The SMILES string of the molecule is CCCOc1ccccc1NC(=O)/C=C/c1cnc2ccccc2n1. The number of benzene rings is 2. The zero-order chi connectivity index (χ0) is 17.5. The third-order valence-corrected chi connectivity index (χ3v) is 3.48. The zero-order valence-electron chi connectivity index (χ0n) is 14.0. The highest BCUT2D eigenvalue weighted by Gasteiger charge is 2.05. The van der Waals surface area contributed by atoms with Crippen molar-refractivity contribution in [3.8, 4) is 5.75 Å². The van der Waals surface area contributed by atoms with Gasteiger partial charge in [0.25, 0.3) is 0 Å². The smallest absolute Gasteiger partial charge is 0.248 e. The number of rotatable bonds is 6. The number of fused-ring (bicyclic) bond motifs is 1. The Balaban J connectivity index is 1.70. The molecule has 0 unspecified atom stereocenters. The number of ether oxygens (including phenoxy) is 1. The van der Waals surface area contributed by atoms with Crippen molar-refractivity contribution in [2.24, 2.45) is 0 Å². The van der Waals surface area contributed by atoms with E-state index >= 15 is 0 Å². The first-order valence-electron chi connectivity index (χ1n) is 8.19. The lowest BCUT2D eigenvalue weighted by Gasteiger charge is -2.10. The van der Waals surface area contributed by atoms with Crippen molar-refractivity contribution in [2.45, 2.75) is 13.3 Å². The van der Waals surface area contributed by atoms with E-state index in [1.807, 2.05) is 55.5 Å². The van der Waals surface area contributed by atoms with Gasteiger partial charge in [-0.3, -0.25) is 9.78 Å². The summed E-state index contributed by atoms with van der Waals surface area (Å²) in [6, 6.07) is 15.0. The molecule has 3 rings (SSSR count). The number of aromatic nitrogens is 2. The number of amides is 1. The zero-order valence-corrected chi connectivity index (χ0v) is 14.0. The van der Waals surface area contributed by atoms with Gasteiger partial charge in [0.1, 0.15) is 5.75 Å². The van der Waals surface area contributed by atoms with Gasteiger partial charge in [0.15, 0.2) is 0 Å². The number of anilines is 1. The second kappa shape index (κ2) is 8.06. The maximum absolute atomic E-state index is 12.2. The maximum atomic E-state index is 12.2. The van der Waals surface area contributed by atoms with Crippen molar-refractivity contribution < 1.29 is 9.53 Å². The van der Waals surface area contributed by atoms with E-state index in [9.17, 15) is 4.79 Å². The van der Waals surface area contributed by atoms with Gasteiger partial charge in [0, 0.05) is 6.08 Å². The molecule has 5 nitrogen and oxygen atoms in total. The predicted molar refractivity (Wildman–Crippen MR) is 99.4 cm³/mol. The summed E-state index contributed by atoms with van der Waals surface area (Å²) in [6.45, 7) is 2.64. The van der Waals surface area contributed by atoms with Crippen LogP contribution in [0.2, 0.25) is 0 Å². The molecule has 0 aliphatic rings. The fraction of sp³-hybridized carbons (Fsp3) is 0.150. The summed E-state index contributed by atoms with van der Waals surface area (Å²) in [5.41, 5.74) is 2.90. The maximum Gasteiger partial charge on any atom is 0.248 e. The average Bonchev–Trinajstić information content (AvgIpc) is 2.65. The van der Waals surface area contributed by atoms with E-state index in [-0.39, 0.29) is 5.91 Å². The van der Waals surface area contributed by atoms with Gasteiger partial charge in [-0.15, -0.1) is 0 Å². The highest BCUT2D eigenvalue weighted by Crippen LogP contribution is 2.23. The number of nitrogens with zero attached hydrogens (tertiary/aromatic N) is 2. The van der Waals surface area contributed by atoms with Gasteiger partial charge in [-0.25, -0.2) is 4.98 Å². The van der Waals surface area contributed by atoms with Crippen molar-refractivity contribution in [3.63, 3.8) is 0 Å². The number of hydrogen-bond acceptors (Lipinski definition) is 4.